The third kappa shape index (κ3) is 4.38. The summed E-state index contributed by atoms with van der Waals surface area (Å²) in [5.74, 6) is 1.86. The zero-order chi connectivity index (χ0) is 19.3. The lowest BCUT2D eigenvalue weighted by Crippen LogP contribution is -2.49. The lowest BCUT2D eigenvalue weighted by atomic mass is 9.93. The Morgan fingerprint density at radius 3 is 2.68 bits per heavy atom. The molecule has 4 heteroatoms. The number of unbranched alkanes of at least 4 members (excludes halogenated alkanes) is 2. The van der Waals surface area contributed by atoms with Gasteiger partial charge < -0.3 is 4.90 Å². The van der Waals surface area contributed by atoms with E-state index in [2.05, 4.69) is 60.1 Å². The van der Waals surface area contributed by atoms with Crippen molar-refractivity contribution >= 4 is 23.3 Å². The zero-order valence-electron chi connectivity index (χ0n) is 17.4. The number of allylic oxidation sites excluding steroid dienone is 2. The van der Waals surface area contributed by atoms with Gasteiger partial charge in [0.1, 0.15) is 5.84 Å². The maximum Gasteiger partial charge on any atom is 0.137 e. The first-order valence-electron chi connectivity index (χ1n) is 11.0. The van der Waals surface area contributed by atoms with Gasteiger partial charge in [0.2, 0.25) is 0 Å². The number of nitrogens with zero attached hydrogens (tertiary/aromatic N) is 3. The first kappa shape index (κ1) is 19.8. The fourth-order valence-corrected chi connectivity index (χ4v) is 5.47. The second kappa shape index (κ2) is 9.32. The molecule has 0 N–H and O–H groups in total. The Kier molecular flexibility index (Phi) is 6.58. The zero-order valence-corrected chi connectivity index (χ0v) is 18.2. The van der Waals surface area contributed by atoms with E-state index in [0.717, 1.165) is 38.3 Å². The highest BCUT2D eigenvalue weighted by Gasteiger charge is 2.28. The average Bonchev–Trinajstić information content (AvgIpc) is 2.90. The van der Waals surface area contributed by atoms with Crippen LogP contribution in [0.1, 0.15) is 46.0 Å². The van der Waals surface area contributed by atoms with Gasteiger partial charge in [-0.3, -0.25) is 4.90 Å². The summed E-state index contributed by atoms with van der Waals surface area (Å²) in [4.78, 5) is 13.2. The van der Waals surface area contributed by atoms with Crippen molar-refractivity contribution < 1.29 is 0 Å². The number of fused-ring (bicyclic) bond motifs is 1. The number of hydrogen-bond acceptors (Lipinski definition) is 4. The van der Waals surface area contributed by atoms with Crippen molar-refractivity contribution in [1.29, 1.82) is 0 Å². The number of thioether (sulfide) groups is 1. The first-order chi connectivity index (χ1) is 13.8. The number of hydrogen-bond donors (Lipinski definition) is 0. The van der Waals surface area contributed by atoms with Gasteiger partial charge in [0.05, 0.1) is 5.69 Å². The van der Waals surface area contributed by atoms with Gasteiger partial charge in [0.25, 0.3) is 0 Å². The Morgan fingerprint density at radius 2 is 1.89 bits per heavy atom. The topological polar surface area (TPSA) is 18.8 Å². The van der Waals surface area contributed by atoms with Crippen LogP contribution in [0.15, 0.2) is 56.8 Å². The minimum absolute atomic E-state index is 0.660. The Bertz CT molecular complexity index is 772. The van der Waals surface area contributed by atoms with Crippen LogP contribution < -0.4 is 0 Å². The summed E-state index contributed by atoms with van der Waals surface area (Å²) in [5.41, 5.74) is 2.49. The van der Waals surface area contributed by atoms with Crippen molar-refractivity contribution in [1.82, 2.24) is 9.80 Å². The summed E-state index contributed by atoms with van der Waals surface area (Å²) in [6, 6.07) is 8.64. The van der Waals surface area contributed by atoms with Crippen molar-refractivity contribution in [3.63, 3.8) is 0 Å². The molecule has 2 heterocycles. The van der Waals surface area contributed by atoms with E-state index in [4.69, 9.17) is 4.99 Å². The lowest BCUT2D eigenvalue weighted by Gasteiger charge is -2.37. The minimum atomic E-state index is 0.660. The third-order valence-electron chi connectivity index (χ3n) is 6.12. The van der Waals surface area contributed by atoms with Gasteiger partial charge in [-0.05, 0) is 43.9 Å². The minimum Gasteiger partial charge on any atom is -0.354 e. The summed E-state index contributed by atoms with van der Waals surface area (Å²) in [6.45, 7) is 10.3. The molecule has 0 amide bonds. The summed E-state index contributed by atoms with van der Waals surface area (Å²) in [7, 11) is 0. The van der Waals surface area contributed by atoms with Gasteiger partial charge in [-0.15, -0.1) is 0 Å². The number of aliphatic imine (C=N–C) groups is 1. The highest BCUT2D eigenvalue weighted by atomic mass is 32.2. The van der Waals surface area contributed by atoms with E-state index < -0.39 is 0 Å². The second-order valence-electron chi connectivity index (χ2n) is 8.11. The molecule has 0 radical (unpaired) electrons. The van der Waals surface area contributed by atoms with Gasteiger partial charge in [-0.25, -0.2) is 4.99 Å². The second-order valence-corrected chi connectivity index (χ2v) is 9.25. The van der Waals surface area contributed by atoms with Crippen molar-refractivity contribution in [2.75, 3.05) is 32.7 Å². The van der Waals surface area contributed by atoms with Crippen LogP contribution in [0.3, 0.4) is 0 Å². The fourth-order valence-electron chi connectivity index (χ4n) is 4.27. The summed E-state index contributed by atoms with van der Waals surface area (Å²) in [6.07, 6.45) is 11.1. The quantitative estimate of drug-likeness (QED) is 0.581. The smallest absolute Gasteiger partial charge is 0.137 e. The van der Waals surface area contributed by atoms with Crippen LogP contribution in [0.25, 0.3) is 0 Å². The molecule has 0 spiro atoms. The monoisotopic (exact) mass is 395 g/mol. The van der Waals surface area contributed by atoms with Crippen LogP contribution in [-0.4, -0.2) is 48.4 Å². The maximum atomic E-state index is 5.19. The number of benzene rings is 1. The van der Waals surface area contributed by atoms with Crippen LogP contribution in [0, 0.1) is 5.92 Å². The standard InChI is InChI=1S/C24H33N3S/c1-3-5-8-13-26-14-16-27(17-15-26)24-20-12-11-19(4-2)18-23(20)28-22-10-7-6-9-21(22)25-24/h6-7,9-12,19H,3-5,8,13-18H2,1-2H3. The van der Waals surface area contributed by atoms with E-state index in [9.17, 15) is 0 Å². The van der Waals surface area contributed by atoms with Gasteiger partial charge >= 0.3 is 0 Å². The van der Waals surface area contributed by atoms with Crippen molar-refractivity contribution in [3.8, 4) is 0 Å². The van der Waals surface area contributed by atoms with E-state index >= 15 is 0 Å². The lowest BCUT2D eigenvalue weighted by molar-refractivity contribution is 0.179. The molecule has 0 aromatic heterocycles. The molecule has 1 aliphatic carbocycles. The molecule has 3 aliphatic rings. The van der Waals surface area contributed by atoms with Crippen LogP contribution in [0.2, 0.25) is 0 Å². The molecule has 2 aliphatic heterocycles. The Labute approximate surface area is 174 Å². The Morgan fingerprint density at radius 1 is 1.07 bits per heavy atom. The normalized spacial score (nSPS) is 22.6. The van der Waals surface area contributed by atoms with E-state index in [1.807, 2.05) is 11.8 Å². The maximum absolute atomic E-state index is 5.19. The fraction of sp³-hybridized carbons (Fsp3) is 0.542. The van der Waals surface area contributed by atoms with Crippen LogP contribution >= 0.6 is 11.8 Å². The summed E-state index contributed by atoms with van der Waals surface area (Å²) < 4.78 is 0. The number of amidine groups is 1. The molecule has 1 unspecified atom stereocenters. The van der Waals surface area contributed by atoms with Gasteiger partial charge in [0, 0.05) is 41.6 Å². The van der Waals surface area contributed by atoms with Crippen molar-refractivity contribution in [2.24, 2.45) is 10.9 Å². The third-order valence-corrected chi connectivity index (χ3v) is 7.32. The van der Waals surface area contributed by atoms with E-state index in [1.54, 1.807) is 0 Å². The van der Waals surface area contributed by atoms with Crippen molar-refractivity contribution in [2.45, 2.75) is 50.8 Å². The van der Waals surface area contributed by atoms with Crippen molar-refractivity contribution in [3.05, 3.63) is 46.9 Å². The average molecular weight is 396 g/mol. The number of rotatable bonds is 5. The predicted octanol–water partition coefficient (Wildman–Crippen LogP) is 5.87. The number of para-hydroxylation sites is 1. The Balaban J connectivity index is 1.56. The molecule has 1 atom stereocenters. The van der Waals surface area contributed by atoms with Gasteiger partial charge in [-0.1, -0.05) is 62.7 Å². The molecular formula is C24H33N3S. The van der Waals surface area contributed by atoms with Crippen LogP contribution in [0.4, 0.5) is 5.69 Å². The summed E-state index contributed by atoms with van der Waals surface area (Å²) >= 11 is 1.94. The molecule has 0 bridgehead atoms. The van der Waals surface area contributed by atoms with Gasteiger partial charge in [-0.2, -0.15) is 0 Å². The molecule has 1 aromatic rings. The predicted molar refractivity (Wildman–Crippen MR) is 121 cm³/mol. The van der Waals surface area contributed by atoms with E-state index in [0.29, 0.717) is 5.92 Å². The van der Waals surface area contributed by atoms with E-state index in [1.165, 1.54) is 53.4 Å². The Hall–Kier alpha value is -1.52. The van der Waals surface area contributed by atoms with E-state index in [-0.39, 0.29) is 0 Å². The largest absolute Gasteiger partial charge is 0.354 e. The molecule has 4 rings (SSSR count). The molecule has 0 saturated carbocycles. The molecule has 1 fully saturated rings. The number of piperazine rings is 1. The SMILES string of the molecule is CCCCCN1CCN(C2=Nc3ccccc3SC3=C2C=CC(CC)C3)CC1. The highest BCUT2D eigenvalue weighted by molar-refractivity contribution is 8.03. The molecule has 3 nitrogen and oxygen atoms in total. The van der Waals surface area contributed by atoms with Crippen LogP contribution in [-0.2, 0) is 0 Å². The highest BCUT2D eigenvalue weighted by Crippen LogP contribution is 2.44. The molecule has 1 aromatic carbocycles. The first-order valence-corrected chi connectivity index (χ1v) is 11.8. The molecular weight excluding hydrogens is 362 g/mol. The molecule has 150 valence electrons. The molecule has 1 saturated heterocycles. The molecule has 28 heavy (non-hydrogen) atoms. The van der Waals surface area contributed by atoms with Crippen LogP contribution in [0.5, 0.6) is 0 Å². The summed E-state index contributed by atoms with van der Waals surface area (Å²) in [5, 5.41) is 0. The van der Waals surface area contributed by atoms with Gasteiger partial charge in [0.15, 0.2) is 0 Å².